The Hall–Kier alpha value is -2.42. The summed E-state index contributed by atoms with van der Waals surface area (Å²) in [7, 11) is 0. The van der Waals surface area contributed by atoms with E-state index in [1.165, 1.54) is 6.33 Å². The summed E-state index contributed by atoms with van der Waals surface area (Å²) in [5.41, 5.74) is 9.42. The third-order valence-corrected chi connectivity index (χ3v) is 2.62. The Balaban J connectivity index is 2.31. The van der Waals surface area contributed by atoms with Gasteiger partial charge in [0.15, 0.2) is 0 Å². The largest absolute Gasteiger partial charge is 0.398 e. The van der Waals surface area contributed by atoms with Gasteiger partial charge in [-0.25, -0.2) is 9.67 Å². The number of nitriles is 1. The highest BCUT2D eigenvalue weighted by Gasteiger charge is 2.08. The molecule has 0 radical (unpaired) electrons. The smallest absolute Gasteiger partial charge is 0.252 e. The molecule has 6 nitrogen and oxygen atoms in total. The van der Waals surface area contributed by atoms with E-state index in [1.807, 2.05) is 19.9 Å². The molecule has 2 aromatic rings. The molecule has 0 aromatic carbocycles. The van der Waals surface area contributed by atoms with Crippen LogP contribution < -0.4 is 5.73 Å². The second-order valence-corrected chi connectivity index (χ2v) is 3.80. The Kier molecular flexibility index (Phi) is 2.75. The van der Waals surface area contributed by atoms with Gasteiger partial charge >= 0.3 is 0 Å². The summed E-state index contributed by atoms with van der Waals surface area (Å²) in [4.78, 5) is 8.15. The standard InChI is InChI=1S/C11H12N6/c1-7-4-14-9(8(2)11(7)13)5-17-6-15-10(3-12)16-17/h4,6H,5H2,1-2H3,(H2,13,14). The van der Waals surface area contributed by atoms with Crippen LogP contribution in [0.3, 0.4) is 0 Å². The van der Waals surface area contributed by atoms with Gasteiger partial charge in [0.05, 0.1) is 12.2 Å². The van der Waals surface area contributed by atoms with Gasteiger partial charge in [0.25, 0.3) is 5.82 Å². The molecule has 0 saturated carbocycles. The average Bonchev–Trinajstić information content (AvgIpc) is 2.78. The molecule has 0 aliphatic rings. The Morgan fingerprint density at radius 3 is 2.82 bits per heavy atom. The highest BCUT2D eigenvalue weighted by atomic mass is 15.3. The summed E-state index contributed by atoms with van der Waals surface area (Å²) in [5.74, 6) is 0.155. The maximum atomic E-state index is 8.63. The van der Waals surface area contributed by atoms with Crippen LogP contribution in [0.15, 0.2) is 12.5 Å². The summed E-state index contributed by atoms with van der Waals surface area (Å²) < 4.78 is 1.57. The molecule has 0 aliphatic heterocycles. The number of rotatable bonds is 2. The summed E-state index contributed by atoms with van der Waals surface area (Å²) in [6.45, 7) is 4.31. The van der Waals surface area contributed by atoms with Crippen molar-refractivity contribution in [3.8, 4) is 6.07 Å². The molecule has 86 valence electrons. The zero-order valence-electron chi connectivity index (χ0n) is 9.68. The zero-order chi connectivity index (χ0) is 12.4. The molecule has 2 N–H and O–H groups in total. The summed E-state index contributed by atoms with van der Waals surface area (Å²) in [6, 6.07) is 1.88. The maximum Gasteiger partial charge on any atom is 0.252 e. The van der Waals surface area contributed by atoms with Gasteiger partial charge in [-0.3, -0.25) is 4.98 Å². The Morgan fingerprint density at radius 1 is 1.41 bits per heavy atom. The average molecular weight is 228 g/mol. The fourth-order valence-corrected chi connectivity index (χ4v) is 1.53. The molecule has 0 saturated heterocycles. The van der Waals surface area contributed by atoms with Gasteiger partial charge in [0.1, 0.15) is 12.4 Å². The van der Waals surface area contributed by atoms with Crippen molar-refractivity contribution in [1.82, 2.24) is 19.7 Å². The predicted octanol–water partition coefficient (Wildman–Crippen LogP) is 0.792. The molecule has 0 spiro atoms. The number of aryl methyl sites for hydroxylation is 1. The molecule has 2 aromatic heterocycles. The van der Waals surface area contributed by atoms with Crippen molar-refractivity contribution >= 4 is 5.69 Å². The molecule has 17 heavy (non-hydrogen) atoms. The first kappa shape index (κ1) is 11.1. The van der Waals surface area contributed by atoms with E-state index in [9.17, 15) is 0 Å². The van der Waals surface area contributed by atoms with E-state index in [-0.39, 0.29) is 5.82 Å². The Morgan fingerprint density at radius 2 is 2.18 bits per heavy atom. The van der Waals surface area contributed by atoms with E-state index in [1.54, 1.807) is 10.9 Å². The van der Waals surface area contributed by atoms with Crippen molar-refractivity contribution in [2.45, 2.75) is 20.4 Å². The predicted molar refractivity (Wildman–Crippen MR) is 62.0 cm³/mol. The van der Waals surface area contributed by atoms with Gasteiger partial charge in [-0.1, -0.05) is 0 Å². The number of nitrogens with two attached hydrogens (primary N) is 1. The Labute approximate surface area is 98.7 Å². The van der Waals surface area contributed by atoms with Crippen LogP contribution in [0, 0.1) is 25.2 Å². The lowest BCUT2D eigenvalue weighted by atomic mass is 10.1. The van der Waals surface area contributed by atoms with Crippen LogP contribution in [-0.4, -0.2) is 19.7 Å². The number of hydrogen-bond acceptors (Lipinski definition) is 5. The third kappa shape index (κ3) is 2.08. The Bertz CT molecular complexity index is 592. The summed E-state index contributed by atoms with van der Waals surface area (Å²) in [6.07, 6.45) is 3.25. The molecule has 2 rings (SSSR count). The highest BCUT2D eigenvalue weighted by molar-refractivity contribution is 5.53. The lowest BCUT2D eigenvalue weighted by Gasteiger charge is -2.09. The van der Waals surface area contributed by atoms with Crippen molar-refractivity contribution in [2.75, 3.05) is 5.73 Å². The number of pyridine rings is 1. The lowest BCUT2D eigenvalue weighted by molar-refractivity contribution is 0.665. The van der Waals surface area contributed by atoms with Crippen LogP contribution in [0.25, 0.3) is 0 Å². The van der Waals surface area contributed by atoms with Gasteiger partial charge in [-0.05, 0) is 25.0 Å². The summed E-state index contributed by atoms with van der Waals surface area (Å²) in [5, 5.41) is 12.6. The topological polar surface area (TPSA) is 93.4 Å². The van der Waals surface area contributed by atoms with Gasteiger partial charge in [-0.15, -0.1) is 5.10 Å². The number of anilines is 1. The van der Waals surface area contributed by atoms with E-state index in [2.05, 4.69) is 15.1 Å². The highest BCUT2D eigenvalue weighted by Crippen LogP contribution is 2.18. The quantitative estimate of drug-likeness (QED) is 0.820. The van der Waals surface area contributed by atoms with Crippen molar-refractivity contribution in [3.63, 3.8) is 0 Å². The van der Waals surface area contributed by atoms with Gasteiger partial charge in [-0.2, -0.15) is 5.26 Å². The number of aromatic nitrogens is 4. The monoisotopic (exact) mass is 228 g/mol. The maximum absolute atomic E-state index is 8.63. The van der Waals surface area contributed by atoms with Crippen LogP contribution in [0.5, 0.6) is 0 Å². The minimum absolute atomic E-state index is 0.155. The van der Waals surface area contributed by atoms with Crippen LogP contribution in [0.4, 0.5) is 5.69 Å². The molecule has 0 amide bonds. The van der Waals surface area contributed by atoms with Gasteiger partial charge in [0.2, 0.25) is 0 Å². The molecular formula is C11H12N6. The minimum atomic E-state index is 0.155. The van der Waals surface area contributed by atoms with Crippen LogP contribution in [-0.2, 0) is 6.54 Å². The van der Waals surface area contributed by atoms with Gasteiger partial charge in [0, 0.05) is 11.9 Å². The van der Waals surface area contributed by atoms with Crippen molar-refractivity contribution in [1.29, 1.82) is 5.26 Å². The van der Waals surface area contributed by atoms with Crippen molar-refractivity contribution in [3.05, 3.63) is 35.2 Å². The first-order chi connectivity index (χ1) is 8.11. The normalized spacial score (nSPS) is 10.2. The minimum Gasteiger partial charge on any atom is -0.398 e. The van der Waals surface area contributed by atoms with E-state index in [4.69, 9.17) is 11.0 Å². The van der Waals surface area contributed by atoms with Crippen LogP contribution >= 0.6 is 0 Å². The van der Waals surface area contributed by atoms with E-state index in [0.717, 1.165) is 22.5 Å². The zero-order valence-corrected chi connectivity index (χ0v) is 9.68. The number of nitrogen functional groups attached to an aromatic ring is 1. The van der Waals surface area contributed by atoms with E-state index < -0.39 is 0 Å². The second-order valence-electron chi connectivity index (χ2n) is 3.80. The molecular weight excluding hydrogens is 216 g/mol. The van der Waals surface area contributed by atoms with E-state index in [0.29, 0.717) is 6.54 Å². The van der Waals surface area contributed by atoms with Crippen molar-refractivity contribution in [2.24, 2.45) is 0 Å². The van der Waals surface area contributed by atoms with Crippen molar-refractivity contribution < 1.29 is 0 Å². The molecule has 0 atom stereocenters. The molecule has 0 aliphatic carbocycles. The lowest BCUT2D eigenvalue weighted by Crippen LogP contribution is -2.07. The SMILES string of the molecule is Cc1cnc(Cn2cnc(C#N)n2)c(C)c1N. The second kappa shape index (κ2) is 4.22. The molecule has 0 bridgehead atoms. The van der Waals surface area contributed by atoms with Crippen LogP contribution in [0.1, 0.15) is 22.6 Å². The third-order valence-electron chi connectivity index (χ3n) is 2.62. The van der Waals surface area contributed by atoms with E-state index >= 15 is 0 Å². The fraction of sp³-hybridized carbons (Fsp3) is 0.273. The number of nitrogens with zero attached hydrogens (tertiary/aromatic N) is 5. The summed E-state index contributed by atoms with van der Waals surface area (Å²) >= 11 is 0. The first-order valence-corrected chi connectivity index (χ1v) is 5.12. The molecule has 2 heterocycles. The first-order valence-electron chi connectivity index (χ1n) is 5.12. The molecule has 0 unspecified atom stereocenters. The number of hydrogen-bond donors (Lipinski definition) is 1. The molecule has 0 fully saturated rings. The molecule has 6 heteroatoms. The van der Waals surface area contributed by atoms with Crippen LogP contribution in [0.2, 0.25) is 0 Å². The van der Waals surface area contributed by atoms with Gasteiger partial charge < -0.3 is 5.73 Å². The fourth-order valence-electron chi connectivity index (χ4n) is 1.53.